The third-order valence-electron chi connectivity index (χ3n) is 2.18. The minimum atomic E-state index is -0.278. The number of nitrogens with one attached hydrogen (secondary N) is 1. The highest BCUT2D eigenvalue weighted by Gasteiger charge is 2.16. The summed E-state index contributed by atoms with van der Waals surface area (Å²) >= 11 is 0. The lowest BCUT2D eigenvalue weighted by molar-refractivity contribution is 0.445. The molecule has 0 bridgehead atoms. The van der Waals surface area contributed by atoms with Crippen LogP contribution in [0.15, 0.2) is 18.5 Å². The third-order valence-corrected chi connectivity index (χ3v) is 2.18. The van der Waals surface area contributed by atoms with E-state index in [0.717, 1.165) is 5.69 Å². The van der Waals surface area contributed by atoms with Gasteiger partial charge in [0.15, 0.2) is 0 Å². The Morgan fingerprint density at radius 2 is 2.25 bits per heavy atom. The van der Waals surface area contributed by atoms with Crippen LogP contribution in [0.25, 0.3) is 0 Å². The summed E-state index contributed by atoms with van der Waals surface area (Å²) in [7, 11) is 0. The van der Waals surface area contributed by atoms with Gasteiger partial charge in [0.25, 0.3) is 0 Å². The number of hydrogen-bond donors (Lipinski definition) is 1. The van der Waals surface area contributed by atoms with Crippen molar-refractivity contribution in [3.05, 3.63) is 24.3 Å². The Hall–Kier alpha value is -1.12. The van der Waals surface area contributed by atoms with Crippen molar-refractivity contribution in [3.63, 3.8) is 0 Å². The van der Waals surface area contributed by atoms with Crippen molar-refractivity contribution in [2.75, 3.05) is 5.32 Å². The first-order chi connectivity index (χ1) is 5.84. The second-order valence-corrected chi connectivity index (χ2v) is 3.16. The van der Waals surface area contributed by atoms with Gasteiger partial charge in [-0.25, -0.2) is 4.39 Å². The van der Waals surface area contributed by atoms with Crippen molar-refractivity contribution in [2.45, 2.75) is 25.3 Å². The number of aromatic nitrogens is 1. The van der Waals surface area contributed by atoms with Crippen LogP contribution in [-0.4, -0.2) is 11.0 Å². The van der Waals surface area contributed by atoms with Gasteiger partial charge in [0, 0.05) is 12.1 Å². The molecule has 1 heterocycles. The molecule has 0 radical (unpaired) electrons. The lowest BCUT2D eigenvalue weighted by atomic mass is 9.93. The molecule has 1 N–H and O–H groups in total. The first kappa shape index (κ1) is 7.53. The fourth-order valence-corrected chi connectivity index (χ4v) is 1.28. The average molecular weight is 166 g/mol. The van der Waals surface area contributed by atoms with Gasteiger partial charge < -0.3 is 5.32 Å². The molecule has 1 aliphatic carbocycles. The quantitative estimate of drug-likeness (QED) is 0.728. The summed E-state index contributed by atoms with van der Waals surface area (Å²) in [6, 6.07) is 2.01. The van der Waals surface area contributed by atoms with E-state index in [9.17, 15) is 4.39 Å². The third kappa shape index (κ3) is 1.55. The molecule has 0 unspecified atom stereocenters. The maximum absolute atomic E-state index is 12.6. The Labute approximate surface area is 70.8 Å². The van der Waals surface area contributed by atoms with Crippen LogP contribution in [0.4, 0.5) is 10.1 Å². The molecule has 0 aliphatic heterocycles. The van der Waals surface area contributed by atoms with Crippen molar-refractivity contribution in [1.82, 2.24) is 4.98 Å². The predicted molar refractivity (Wildman–Crippen MR) is 45.5 cm³/mol. The van der Waals surface area contributed by atoms with Gasteiger partial charge in [-0.2, -0.15) is 0 Å². The summed E-state index contributed by atoms with van der Waals surface area (Å²) in [5, 5.41) is 3.22. The van der Waals surface area contributed by atoms with Crippen molar-refractivity contribution in [2.24, 2.45) is 0 Å². The van der Waals surface area contributed by atoms with Crippen LogP contribution >= 0.6 is 0 Å². The van der Waals surface area contributed by atoms with E-state index in [2.05, 4.69) is 10.3 Å². The summed E-state index contributed by atoms with van der Waals surface area (Å²) in [6.45, 7) is 0. The maximum Gasteiger partial charge on any atom is 0.143 e. The predicted octanol–water partition coefficient (Wildman–Crippen LogP) is 2.19. The van der Waals surface area contributed by atoms with E-state index in [0.29, 0.717) is 6.04 Å². The molecule has 0 saturated heterocycles. The Balaban J connectivity index is 2.02. The van der Waals surface area contributed by atoms with E-state index >= 15 is 0 Å². The molecule has 1 saturated carbocycles. The van der Waals surface area contributed by atoms with E-state index in [-0.39, 0.29) is 5.82 Å². The molecular weight excluding hydrogens is 155 g/mol. The fourth-order valence-electron chi connectivity index (χ4n) is 1.28. The van der Waals surface area contributed by atoms with Gasteiger partial charge in [-0.05, 0) is 19.3 Å². The topological polar surface area (TPSA) is 24.9 Å². The highest BCUT2D eigenvalue weighted by Crippen LogP contribution is 2.22. The number of nitrogens with zero attached hydrogens (tertiary/aromatic N) is 1. The van der Waals surface area contributed by atoms with Crippen LogP contribution in [0.2, 0.25) is 0 Å². The highest BCUT2D eigenvalue weighted by atomic mass is 19.1. The molecule has 1 fully saturated rings. The fraction of sp³-hybridized carbons (Fsp3) is 0.444. The molecule has 2 nitrogen and oxygen atoms in total. The summed E-state index contributed by atoms with van der Waals surface area (Å²) in [5.41, 5.74) is 0.791. The first-order valence-corrected chi connectivity index (χ1v) is 4.22. The monoisotopic (exact) mass is 166 g/mol. The summed E-state index contributed by atoms with van der Waals surface area (Å²) < 4.78 is 12.6. The largest absolute Gasteiger partial charge is 0.381 e. The zero-order valence-corrected chi connectivity index (χ0v) is 6.76. The van der Waals surface area contributed by atoms with Gasteiger partial charge in [0.2, 0.25) is 0 Å². The number of anilines is 1. The van der Waals surface area contributed by atoms with Crippen molar-refractivity contribution in [1.29, 1.82) is 0 Å². The smallest absolute Gasteiger partial charge is 0.143 e. The van der Waals surface area contributed by atoms with Gasteiger partial charge in [-0.15, -0.1) is 0 Å². The minimum absolute atomic E-state index is 0.278. The number of halogens is 1. The normalized spacial score (nSPS) is 17.1. The van der Waals surface area contributed by atoms with E-state index in [1.54, 1.807) is 6.20 Å². The molecule has 12 heavy (non-hydrogen) atoms. The minimum Gasteiger partial charge on any atom is -0.381 e. The SMILES string of the molecule is Fc1cncc(NC2CCC2)c1. The number of rotatable bonds is 2. The van der Waals surface area contributed by atoms with Gasteiger partial charge in [0.05, 0.1) is 18.1 Å². The van der Waals surface area contributed by atoms with E-state index < -0.39 is 0 Å². The van der Waals surface area contributed by atoms with Crippen LogP contribution in [-0.2, 0) is 0 Å². The van der Waals surface area contributed by atoms with Crippen molar-refractivity contribution >= 4 is 5.69 Å². The van der Waals surface area contributed by atoms with E-state index in [1.807, 2.05) is 0 Å². The first-order valence-electron chi connectivity index (χ1n) is 4.22. The molecule has 2 rings (SSSR count). The van der Waals surface area contributed by atoms with Crippen molar-refractivity contribution in [3.8, 4) is 0 Å². The van der Waals surface area contributed by atoms with E-state index in [4.69, 9.17) is 0 Å². The summed E-state index contributed by atoms with van der Waals surface area (Å²) in [6.07, 6.45) is 6.53. The summed E-state index contributed by atoms with van der Waals surface area (Å²) in [5.74, 6) is -0.278. The Morgan fingerprint density at radius 1 is 1.42 bits per heavy atom. The van der Waals surface area contributed by atoms with Crippen LogP contribution in [0.3, 0.4) is 0 Å². The van der Waals surface area contributed by atoms with Crippen LogP contribution in [0.5, 0.6) is 0 Å². The molecular formula is C9H11FN2. The van der Waals surface area contributed by atoms with Crippen LogP contribution < -0.4 is 5.32 Å². The molecule has 0 atom stereocenters. The molecule has 1 aromatic rings. The van der Waals surface area contributed by atoms with Crippen LogP contribution in [0.1, 0.15) is 19.3 Å². The summed E-state index contributed by atoms with van der Waals surface area (Å²) in [4.78, 5) is 3.76. The maximum atomic E-state index is 12.6. The van der Waals surface area contributed by atoms with Crippen molar-refractivity contribution < 1.29 is 4.39 Å². The van der Waals surface area contributed by atoms with Gasteiger partial charge in [-0.1, -0.05) is 0 Å². The number of hydrogen-bond acceptors (Lipinski definition) is 2. The molecule has 0 spiro atoms. The number of pyridine rings is 1. The highest BCUT2D eigenvalue weighted by molar-refractivity contribution is 5.41. The second kappa shape index (κ2) is 3.09. The van der Waals surface area contributed by atoms with E-state index in [1.165, 1.54) is 31.5 Å². The average Bonchev–Trinajstić information content (AvgIpc) is 1.97. The molecule has 64 valence electrons. The molecule has 0 aromatic carbocycles. The molecule has 3 heteroatoms. The van der Waals surface area contributed by atoms with Gasteiger partial charge >= 0.3 is 0 Å². The van der Waals surface area contributed by atoms with Crippen LogP contribution in [0, 0.1) is 5.82 Å². The Morgan fingerprint density at radius 3 is 2.83 bits per heavy atom. The zero-order chi connectivity index (χ0) is 8.39. The molecule has 1 aromatic heterocycles. The Kier molecular flexibility index (Phi) is 1.94. The lowest BCUT2D eigenvalue weighted by Gasteiger charge is -2.27. The molecule has 1 aliphatic rings. The second-order valence-electron chi connectivity index (χ2n) is 3.16. The Bertz CT molecular complexity index is 271. The van der Waals surface area contributed by atoms with Gasteiger partial charge in [-0.3, -0.25) is 4.98 Å². The zero-order valence-electron chi connectivity index (χ0n) is 6.76. The standard InChI is InChI=1S/C9H11FN2/c10-7-4-9(6-11-5-7)12-8-2-1-3-8/h4-6,8,12H,1-3H2. The van der Waals surface area contributed by atoms with Gasteiger partial charge in [0.1, 0.15) is 5.82 Å². The lowest BCUT2D eigenvalue weighted by Crippen LogP contribution is -2.26. The molecule has 0 amide bonds.